The molecule has 0 bridgehead atoms. The molecule has 0 radical (unpaired) electrons. The zero-order valence-corrected chi connectivity index (χ0v) is 20.5. The molecule has 9 heteroatoms. The zero-order valence-electron chi connectivity index (χ0n) is 19.7. The van der Waals surface area contributed by atoms with Crippen LogP contribution >= 0.6 is 11.6 Å². The molecule has 1 amide bonds. The van der Waals surface area contributed by atoms with Crippen LogP contribution < -0.4 is 5.32 Å². The molecule has 1 atom stereocenters. The van der Waals surface area contributed by atoms with Crippen molar-refractivity contribution in [2.75, 3.05) is 25.0 Å². The summed E-state index contributed by atoms with van der Waals surface area (Å²) in [5.74, 6) is 0.485. The van der Waals surface area contributed by atoms with E-state index < -0.39 is 0 Å². The van der Waals surface area contributed by atoms with E-state index in [-0.39, 0.29) is 17.8 Å². The predicted molar refractivity (Wildman–Crippen MR) is 133 cm³/mol. The van der Waals surface area contributed by atoms with Crippen LogP contribution in [0.4, 0.5) is 5.69 Å². The summed E-state index contributed by atoms with van der Waals surface area (Å²) in [6.45, 7) is 4.40. The molecule has 1 fully saturated rings. The van der Waals surface area contributed by atoms with E-state index in [1.807, 2.05) is 19.1 Å². The zero-order chi connectivity index (χ0) is 24.6. The fourth-order valence-electron chi connectivity index (χ4n) is 3.97. The third-order valence-electron chi connectivity index (χ3n) is 5.92. The van der Waals surface area contributed by atoms with Gasteiger partial charge in [-0.1, -0.05) is 30.1 Å². The number of carbonyl (C=O) groups excluding carboxylic acids is 2. The second-order valence-corrected chi connectivity index (χ2v) is 9.09. The quantitative estimate of drug-likeness (QED) is 0.321. The fraction of sp³-hybridized carbons (Fsp3) is 0.385. The Morgan fingerprint density at radius 1 is 1.17 bits per heavy atom. The number of likely N-dealkylation sites (tertiary alicyclic amines) is 1. The van der Waals surface area contributed by atoms with E-state index in [0.717, 1.165) is 37.8 Å². The summed E-state index contributed by atoms with van der Waals surface area (Å²) in [6.07, 6.45) is 3.52. The standard InChI is InChI=1S/C26H29ClN4O4/c1-2-3-15-34-26(33)19-8-12-22(13-9-19)28-25(32)20-5-4-14-31(16-20)17-23-29-24(30-35-23)18-6-10-21(27)11-7-18/h6-13,20H,2-5,14-17H2,1H3,(H,28,32). The number of amides is 1. The number of ether oxygens (including phenoxy) is 1. The van der Waals surface area contributed by atoms with E-state index in [9.17, 15) is 9.59 Å². The Hall–Kier alpha value is -3.23. The number of anilines is 1. The Morgan fingerprint density at radius 2 is 1.94 bits per heavy atom. The van der Waals surface area contributed by atoms with E-state index in [1.54, 1.807) is 36.4 Å². The Labute approximate surface area is 209 Å². The van der Waals surface area contributed by atoms with Crippen LogP contribution in [0.2, 0.25) is 5.02 Å². The third-order valence-corrected chi connectivity index (χ3v) is 6.18. The van der Waals surface area contributed by atoms with Crippen molar-refractivity contribution in [3.8, 4) is 11.4 Å². The third kappa shape index (κ3) is 6.90. The van der Waals surface area contributed by atoms with Gasteiger partial charge in [0.1, 0.15) is 0 Å². The van der Waals surface area contributed by atoms with Crippen molar-refractivity contribution in [1.82, 2.24) is 15.0 Å². The maximum atomic E-state index is 12.9. The lowest BCUT2D eigenvalue weighted by Gasteiger charge is -2.30. The van der Waals surface area contributed by atoms with E-state index in [0.29, 0.717) is 47.7 Å². The number of nitrogens with one attached hydrogen (secondary N) is 1. The molecule has 1 aliphatic rings. The average Bonchev–Trinajstić information content (AvgIpc) is 3.33. The number of aromatic nitrogens is 2. The van der Waals surface area contributed by atoms with Crippen molar-refractivity contribution >= 4 is 29.2 Å². The summed E-state index contributed by atoms with van der Waals surface area (Å²) in [6, 6.07) is 14.1. The lowest BCUT2D eigenvalue weighted by atomic mass is 9.97. The molecule has 2 heterocycles. The molecule has 35 heavy (non-hydrogen) atoms. The fourth-order valence-corrected chi connectivity index (χ4v) is 4.09. The van der Waals surface area contributed by atoms with Gasteiger partial charge in [0.2, 0.25) is 17.6 Å². The maximum absolute atomic E-state index is 12.9. The van der Waals surface area contributed by atoms with Crippen molar-refractivity contribution in [3.05, 3.63) is 65.0 Å². The van der Waals surface area contributed by atoms with E-state index in [4.69, 9.17) is 20.9 Å². The molecule has 184 valence electrons. The molecule has 1 N–H and O–H groups in total. The summed E-state index contributed by atoms with van der Waals surface area (Å²) < 4.78 is 10.7. The highest BCUT2D eigenvalue weighted by Gasteiger charge is 2.27. The van der Waals surface area contributed by atoms with Crippen molar-refractivity contribution in [3.63, 3.8) is 0 Å². The van der Waals surface area contributed by atoms with Crippen LogP contribution in [0.25, 0.3) is 11.4 Å². The van der Waals surface area contributed by atoms with Gasteiger partial charge < -0.3 is 14.6 Å². The lowest BCUT2D eigenvalue weighted by molar-refractivity contribution is -0.121. The number of unbranched alkanes of at least 4 members (excludes halogenated alkanes) is 1. The number of benzene rings is 2. The maximum Gasteiger partial charge on any atom is 0.338 e. The second-order valence-electron chi connectivity index (χ2n) is 8.65. The second kappa shape index (κ2) is 12.0. The molecule has 1 saturated heterocycles. The highest BCUT2D eigenvalue weighted by molar-refractivity contribution is 6.30. The number of hydrogen-bond acceptors (Lipinski definition) is 7. The Balaban J connectivity index is 1.29. The lowest BCUT2D eigenvalue weighted by Crippen LogP contribution is -2.40. The van der Waals surface area contributed by atoms with Gasteiger partial charge in [0, 0.05) is 22.8 Å². The van der Waals surface area contributed by atoms with Crippen molar-refractivity contribution in [2.45, 2.75) is 39.2 Å². The first kappa shape index (κ1) is 24.9. The predicted octanol–water partition coefficient (Wildman–Crippen LogP) is 5.20. The van der Waals surface area contributed by atoms with Gasteiger partial charge in [-0.2, -0.15) is 4.98 Å². The minimum absolute atomic E-state index is 0.0413. The molecule has 0 aliphatic carbocycles. The van der Waals surface area contributed by atoms with Crippen LogP contribution in [0.3, 0.4) is 0 Å². The van der Waals surface area contributed by atoms with Crippen LogP contribution in [0, 0.1) is 5.92 Å². The number of hydrogen-bond donors (Lipinski definition) is 1. The summed E-state index contributed by atoms with van der Waals surface area (Å²) >= 11 is 5.94. The summed E-state index contributed by atoms with van der Waals surface area (Å²) in [5.41, 5.74) is 1.96. The molecule has 1 unspecified atom stereocenters. The normalized spacial score (nSPS) is 16.1. The highest BCUT2D eigenvalue weighted by atomic mass is 35.5. The van der Waals surface area contributed by atoms with Crippen LogP contribution in [-0.2, 0) is 16.1 Å². The van der Waals surface area contributed by atoms with Gasteiger partial charge in [-0.25, -0.2) is 4.79 Å². The van der Waals surface area contributed by atoms with Gasteiger partial charge in [0.05, 0.1) is 24.6 Å². The Bertz CT molecular complexity index is 1130. The molecule has 1 aromatic heterocycles. The summed E-state index contributed by atoms with van der Waals surface area (Å²) in [5, 5.41) is 7.68. The molecule has 1 aliphatic heterocycles. The molecule has 4 rings (SSSR count). The minimum atomic E-state index is -0.348. The first-order valence-corrected chi connectivity index (χ1v) is 12.3. The average molecular weight is 497 g/mol. The van der Waals surface area contributed by atoms with E-state index >= 15 is 0 Å². The molecule has 0 saturated carbocycles. The van der Waals surface area contributed by atoms with E-state index in [2.05, 4.69) is 20.4 Å². The van der Waals surface area contributed by atoms with Crippen LogP contribution in [-0.4, -0.2) is 46.6 Å². The summed E-state index contributed by atoms with van der Waals surface area (Å²) in [7, 11) is 0. The number of esters is 1. The highest BCUT2D eigenvalue weighted by Crippen LogP contribution is 2.23. The first-order chi connectivity index (χ1) is 17.0. The smallest absolute Gasteiger partial charge is 0.338 e. The number of piperidine rings is 1. The molecule has 3 aromatic rings. The minimum Gasteiger partial charge on any atom is -0.462 e. The van der Waals surface area contributed by atoms with Crippen molar-refractivity contribution < 1.29 is 18.8 Å². The van der Waals surface area contributed by atoms with Gasteiger partial charge in [-0.05, 0) is 74.3 Å². The Morgan fingerprint density at radius 3 is 2.69 bits per heavy atom. The van der Waals surface area contributed by atoms with Gasteiger partial charge in [-0.3, -0.25) is 9.69 Å². The number of rotatable bonds is 9. The number of halogens is 1. The molecule has 2 aromatic carbocycles. The number of nitrogens with zero attached hydrogens (tertiary/aromatic N) is 3. The van der Waals surface area contributed by atoms with Crippen LogP contribution in [0.1, 0.15) is 48.9 Å². The molecular weight excluding hydrogens is 468 g/mol. The molecule has 8 nitrogen and oxygen atoms in total. The van der Waals surface area contributed by atoms with Crippen LogP contribution in [0.15, 0.2) is 53.1 Å². The van der Waals surface area contributed by atoms with Crippen LogP contribution in [0.5, 0.6) is 0 Å². The van der Waals surface area contributed by atoms with Gasteiger partial charge in [0.25, 0.3) is 0 Å². The van der Waals surface area contributed by atoms with Gasteiger partial charge in [-0.15, -0.1) is 0 Å². The number of carbonyl (C=O) groups is 2. The van der Waals surface area contributed by atoms with Gasteiger partial charge in [0.15, 0.2) is 0 Å². The van der Waals surface area contributed by atoms with Gasteiger partial charge >= 0.3 is 5.97 Å². The SMILES string of the molecule is CCCCOC(=O)c1ccc(NC(=O)C2CCCN(Cc3nc(-c4ccc(Cl)cc4)no3)C2)cc1. The first-order valence-electron chi connectivity index (χ1n) is 11.9. The monoisotopic (exact) mass is 496 g/mol. The van der Waals surface area contributed by atoms with Crippen molar-refractivity contribution in [2.24, 2.45) is 5.92 Å². The van der Waals surface area contributed by atoms with E-state index in [1.165, 1.54) is 0 Å². The largest absolute Gasteiger partial charge is 0.462 e. The Kier molecular flexibility index (Phi) is 8.50. The molecular formula is C26H29ClN4O4. The molecule has 0 spiro atoms. The summed E-state index contributed by atoms with van der Waals surface area (Å²) in [4.78, 5) is 31.6. The topological polar surface area (TPSA) is 97.6 Å². The van der Waals surface area contributed by atoms with Crippen molar-refractivity contribution in [1.29, 1.82) is 0 Å².